The number of hydrogen-bond donors (Lipinski definition) is 4. The molecule has 0 aliphatic heterocycles. The van der Waals surface area contributed by atoms with E-state index in [0.717, 1.165) is 6.42 Å². The third kappa shape index (κ3) is 2.59. The van der Waals surface area contributed by atoms with Gasteiger partial charge in [-0.2, -0.15) is 0 Å². The summed E-state index contributed by atoms with van der Waals surface area (Å²) in [4.78, 5) is 7.68. The first kappa shape index (κ1) is 12.3. The first-order valence-corrected chi connectivity index (χ1v) is 5.86. The predicted molar refractivity (Wildman–Crippen MR) is 64.7 cm³/mol. The Kier molecular flexibility index (Phi) is 3.66. The second-order valence-corrected chi connectivity index (χ2v) is 4.52. The molecule has 5 N–H and O–H groups in total. The van der Waals surface area contributed by atoms with Gasteiger partial charge in [-0.25, -0.2) is 9.97 Å². The summed E-state index contributed by atoms with van der Waals surface area (Å²) in [6.45, 7) is 0. The van der Waals surface area contributed by atoms with Gasteiger partial charge in [0.05, 0.1) is 18.2 Å². The van der Waals surface area contributed by atoms with E-state index in [1.165, 1.54) is 6.33 Å². The lowest BCUT2D eigenvalue weighted by molar-refractivity contribution is 0.0259. The van der Waals surface area contributed by atoms with Gasteiger partial charge < -0.3 is 21.3 Å². The summed E-state index contributed by atoms with van der Waals surface area (Å²) in [5.41, 5.74) is 5.93. The minimum absolute atomic E-state index is 0.155. The molecule has 0 aromatic carbocycles. The lowest BCUT2D eigenvalue weighted by atomic mass is 9.90. The predicted octanol–water partition coefficient (Wildman–Crippen LogP) is 0.398. The molecule has 1 unspecified atom stereocenters. The molecule has 3 atom stereocenters. The van der Waals surface area contributed by atoms with Crippen molar-refractivity contribution in [1.29, 1.82) is 0 Å². The molecule has 1 fully saturated rings. The zero-order valence-corrected chi connectivity index (χ0v) is 9.93. The highest BCUT2D eigenvalue weighted by atomic mass is 35.5. The standard InChI is InChI=1S/C10H15ClN4O2/c11-9-7(12)10(14-4-13-9)15-8-5(16)2-1-3-6(8)17/h4-6,8,16-17H,1-3,12H2,(H,13,14,15)/t5-,6+,8?. The van der Waals surface area contributed by atoms with Crippen LogP contribution in [0.5, 0.6) is 0 Å². The number of aromatic nitrogens is 2. The van der Waals surface area contributed by atoms with E-state index in [1.807, 2.05) is 0 Å². The SMILES string of the molecule is Nc1c(Cl)ncnc1NC1[C@H](O)CCC[C@@H]1O. The topological polar surface area (TPSA) is 104 Å². The summed E-state index contributed by atoms with van der Waals surface area (Å²) in [7, 11) is 0. The van der Waals surface area contributed by atoms with Crippen molar-refractivity contribution in [2.75, 3.05) is 11.1 Å². The molecule has 1 heterocycles. The second kappa shape index (κ2) is 5.03. The van der Waals surface area contributed by atoms with Crippen molar-refractivity contribution in [2.24, 2.45) is 0 Å². The number of halogens is 1. The Morgan fingerprint density at radius 2 is 1.94 bits per heavy atom. The molecule has 0 spiro atoms. The first-order chi connectivity index (χ1) is 8.09. The Labute approximate surface area is 104 Å². The molecule has 0 radical (unpaired) electrons. The van der Waals surface area contributed by atoms with Gasteiger partial charge in [-0.1, -0.05) is 11.6 Å². The lowest BCUT2D eigenvalue weighted by Crippen LogP contribution is -2.46. The number of anilines is 2. The number of nitrogens with zero attached hydrogens (tertiary/aromatic N) is 2. The summed E-state index contributed by atoms with van der Waals surface area (Å²) >= 11 is 5.76. The van der Waals surface area contributed by atoms with E-state index in [9.17, 15) is 10.2 Å². The average Bonchev–Trinajstić information content (AvgIpc) is 2.29. The Bertz CT molecular complexity index is 394. The van der Waals surface area contributed by atoms with Gasteiger partial charge in [-0.3, -0.25) is 0 Å². The van der Waals surface area contributed by atoms with Crippen molar-refractivity contribution in [3.63, 3.8) is 0 Å². The van der Waals surface area contributed by atoms with E-state index in [4.69, 9.17) is 17.3 Å². The number of aliphatic hydroxyl groups excluding tert-OH is 2. The van der Waals surface area contributed by atoms with Gasteiger partial charge in [0, 0.05) is 0 Å². The Balaban J connectivity index is 2.16. The summed E-state index contributed by atoms with van der Waals surface area (Å²) in [6, 6.07) is -0.475. The maximum absolute atomic E-state index is 9.82. The van der Waals surface area contributed by atoms with Crippen LogP contribution in [0.1, 0.15) is 19.3 Å². The minimum Gasteiger partial charge on any atom is -0.393 e. The van der Waals surface area contributed by atoms with Crippen molar-refractivity contribution < 1.29 is 10.2 Å². The number of aliphatic hydroxyl groups is 2. The fraction of sp³-hybridized carbons (Fsp3) is 0.600. The molecule has 1 aliphatic rings. The normalized spacial score (nSPS) is 29.0. The monoisotopic (exact) mass is 258 g/mol. The minimum atomic E-state index is -0.619. The van der Waals surface area contributed by atoms with Crippen LogP contribution in [0.3, 0.4) is 0 Å². The van der Waals surface area contributed by atoms with E-state index in [-0.39, 0.29) is 10.8 Å². The van der Waals surface area contributed by atoms with E-state index in [2.05, 4.69) is 15.3 Å². The molecule has 0 amide bonds. The van der Waals surface area contributed by atoms with Crippen molar-refractivity contribution in [1.82, 2.24) is 9.97 Å². The maximum Gasteiger partial charge on any atom is 0.157 e. The van der Waals surface area contributed by atoms with Gasteiger partial charge in [0.15, 0.2) is 11.0 Å². The van der Waals surface area contributed by atoms with Crippen LogP contribution in [0.4, 0.5) is 11.5 Å². The Hall–Kier alpha value is -1.11. The quantitative estimate of drug-likeness (QED) is 0.573. The number of rotatable bonds is 2. The van der Waals surface area contributed by atoms with Gasteiger partial charge in [0.2, 0.25) is 0 Å². The van der Waals surface area contributed by atoms with Crippen molar-refractivity contribution >= 4 is 23.1 Å². The largest absolute Gasteiger partial charge is 0.393 e. The fourth-order valence-electron chi connectivity index (χ4n) is 1.99. The Morgan fingerprint density at radius 3 is 2.59 bits per heavy atom. The highest BCUT2D eigenvalue weighted by Crippen LogP contribution is 2.27. The van der Waals surface area contributed by atoms with Crippen LogP contribution in [-0.4, -0.2) is 38.4 Å². The van der Waals surface area contributed by atoms with Crippen molar-refractivity contribution in [3.05, 3.63) is 11.5 Å². The molecule has 7 heteroatoms. The van der Waals surface area contributed by atoms with Crippen LogP contribution in [0.15, 0.2) is 6.33 Å². The number of nitrogens with two attached hydrogens (primary N) is 1. The molecule has 94 valence electrons. The zero-order valence-electron chi connectivity index (χ0n) is 9.17. The van der Waals surface area contributed by atoms with Gasteiger partial charge >= 0.3 is 0 Å². The molecule has 1 aromatic rings. The van der Waals surface area contributed by atoms with Gasteiger partial charge in [0.1, 0.15) is 12.0 Å². The summed E-state index contributed by atoms with van der Waals surface area (Å²) in [5.74, 6) is 0.343. The first-order valence-electron chi connectivity index (χ1n) is 5.48. The van der Waals surface area contributed by atoms with Crippen molar-refractivity contribution in [2.45, 2.75) is 37.5 Å². The number of hydrogen-bond acceptors (Lipinski definition) is 6. The number of nitrogen functional groups attached to an aromatic ring is 1. The molecule has 6 nitrogen and oxygen atoms in total. The van der Waals surface area contributed by atoms with Crippen LogP contribution in [-0.2, 0) is 0 Å². The van der Waals surface area contributed by atoms with Crippen LogP contribution >= 0.6 is 11.6 Å². The van der Waals surface area contributed by atoms with Crippen LogP contribution in [0.2, 0.25) is 5.15 Å². The van der Waals surface area contributed by atoms with Gasteiger partial charge in [-0.15, -0.1) is 0 Å². The molecular formula is C10H15ClN4O2. The van der Waals surface area contributed by atoms with E-state index in [0.29, 0.717) is 18.7 Å². The summed E-state index contributed by atoms with van der Waals surface area (Å²) in [6.07, 6.45) is 2.14. The summed E-state index contributed by atoms with van der Waals surface area (Å²) in [5, 5.41) is 22.7. The third-order valence-corrected chi connectivity index (χ3v) is 3.27. The number of nitrogens with one attached hydrogen (secondary N) is 1. The maximum atomic E-state index is 9.82. The fourth-order valence-corrected chi connectivity index (χ4v) is 2.12. The smallest absolute Gasteiger partial charge is 0.157 e. The highest BCUT2D eigenvalue weighted by Gasteiger charge is 2.31. The van der Waals surface area contributed by atoms with Crippen LogP contribution in [0.25, 0.3) is 0 Å². The lowest BCUT2D eigenvalue weighted by Gasteiger charge is -2.33. The second-order valence-electron chi connectivity index (χ2n) is 4.16. The zero-order chi connectivity index (χ0) is 12.4. The van der Waals surface area contributed by atoms with E-state index < -0.39 is 18.2 Å². The van der Waals surface area contributed by atoms with Gasteiger partial charge in [0.25, 0.3) is 0 Å². The van der Waals surface area contributed by atoms with Crippen molar-refractivity contribution in [3.8, 4) is 0 Å². The van der Waals surface area contributed by atoms with Crippen LogP contribution < -0.4 is 11.1 Å². The molecular weight excluding hydrogens is 244 g/mol. The molecule has 1 aromatic heterocycles. The summed E-state index contributed by atoms with van der Waals surface area (Å²) < 4.78 is 0. The molecule has 0 saturated heterocycles. The highest BCUT2D eigenvalue weighted by molar-refractivity contribution is 6.32. The average molecular weight is 259 g/mol. The molecule has 1 saturated carbocycles. The Morgan fingerprint density at radius 1 is 1.29 bits per heavy atom. The van der Waals surface area contributed by atoms with Gasteiger partial charge in [-0.05, 0) is 19.3 Å². The molecule has 1 aliphatic carbocycles. The molecule has 0 bridgehead atoms. The molecule has 2 rings (SSSR count). The third-order valence-electron chi connectivity index (χ3n) is 2.97. The van der Waals surface area contributed by atoms with E-state index in [1.54, 1.807) is 0 Å². The van der Waals surface area contributed by atoms with E-state index >= 15 is 0 Å². The van der Waals surface area contributed by atoms with Crippen LogP contribution in [0, 0.1) is 0 Å². The molecule has 17 heavy (non-hydrogen) atoms.